The summed E-state index contributed by atoms with van der Waals surface area (Å²) in [4.78, 5) is 11.2. The van der Waals surface area contributed by atoms with Crippen LogP contribution in [0.5, 0.6) is 0 Å². The summed E-state index contributed by atoms with van der Waals surface area (Å²) in [5, 5.41) is 2.57. The van der Waals surface area contributed by atoms with E-state index >= 15 is 0 Å². The SMILES string of the molecule is CCCC[Si](OCC1OCC(OC(C)=O)S1)(c1ccccc1)c1ccccc1. The lowest BCUT2D eigenvalue weighted by Gasteiger charge is -2.33. The van der Waals surface area contributed by atoms with Gasteiger partial charge in [0.2, 0.25) is 0 Å². The Hall–Kier alpha value is -1.60. The summed E-state index contributed by atoms with van der Waals surface area (Å²) in [6.45, 7) is 4.55. The average molecular weight is 417 g/mol. The molecule has 0 aliphatic carbocycles. The third-order valence-electron chi connectivity index (χ3n) is 4.85. The maximum atomic E-state index is 11.2. The number of carbonyl (C=O) groups is 1. The van der Waals surface area contributed by atoms with Crippen LogP contribution in [0.15, 0.2) is 60.7 Å². The molecule has 2 aromatic rings. The highest BCUT2D eigenvalue weighted by atomic mass is 32.2. The van der Waals surface area contributed by atoms with Crippen molar-refractivity contribution in [3.05, 3.63) is 60.7 Å². The van der Waals surface area contributed by atoms with E-state index in [9.17, 15) is 4.79 Å². The van der Waals surface area contributed by atoms with Crippen LogP contribution >= 0.6 is 11.8 Å². The smallest absolute Gasteiger partial charge is 0.303 e. The molecule has 2 unspecified atom stereocenters. The summed E-state index contributed by atoms with van der Waals surface area (Å²) in [6.07, 6.45) is 2.24. The Labute approximate surface area is 172 Å². The van der Waals surface area contributed by atoms with Crippen molar-refractivity contribution < 1.29 is 18.7 Å². The van der Waals surface area contributed by atoms with E-state index in [1.807, 2.05) is 12.1 Å². The topological polar surface area (TPSA) is 44.8 Å². The molecule has 150 valence electrons. The lowest BCUT2D eigenvalue weighted by Crippen LogP contribution is -2.61. The molecule has 0 N–H and O–H groups in total. The molecule has 0 radical (unpaired) electrons. The van der Waals surface area contributed by atoms with Crippen LogP contribution in [0.2, 0.25) is 6.04 Å². The molecule has 1 aliphatic rings. The zero-order chi connectivity index (χ0) is 19.8. The molecule has 3 rings (SSSR count). The first-order valence-corrected chi connectivity index (χ1v) is 12.9. The first-order chi connectivity index (χ1) is 13.6. The Morgan fingerprint density at radius 2 is 1.71 bits per heavy atom. The number of unbranched alkanes of at least 4 members (excludes halogenated alkanes) is 1. The van der Waals surface area contributed by atoms with Crippen molar-refractivity contribution in [3.8, 4) is 0 Å². The zero-order valence-corrected chi connectivity index (χ0v) is 18.3. The minimum absolute atomic E-state index is 0.120. The van der Waals surface area contributed by atoms with Crippen molar-refractivity contribution in [2.45, 2.75) is 43.6 Å². The normalized spacial score (nSPS) is 19.5. The summed E-state index contributed by atoms with van der Waals surface area (Å²) in [5.41, 5.74) is -0.364. The standard InChI is InChI=1S/C22H28O4SSi/c1-3-4-15-28(19-11-7-5-8-12-19,20-13-9-6-10-14-20)25-17-21-24-16-22(27-21)26-18(2)23/h5-14,21-22H,3-4,15-17H2,1-2H3. The fourth-order valence-electron chi connectivity index (χ4n) is 3.51. The monoisotopic (exact) mass is 416 g/mol. The summed E-state index contributed by atoms with van der Waals surface area (Å²) in [7, 11) is -2.39. The first-order valence-electron chi connectivity index (χ1n) is 9.83. The molecule has 4 nitrogen and oxygen atoms in total. The van der Waals surface area contributed by atoms with Crippen molar-refractivity contribution in [1.82, 2.24) is 0 Å². The number of hydrogen-bond donors (Lipinski definition) is 0. The predicted octanol–water partition coefficient (Wildman–Crippen LogP) is 3.54. The van der Waals surface area contributed by atoms with E-state index in [1.165, 1.54) is 29.1 Å². The molecule has 2 aromatic carbocycles. The third-order valence-corrected chi connectivity index (χ3v) is 10.2. The van der Waals surface area contributed by atoms with Gasteiger partial charge in [-0.2, -0.15) is 0 Å². The van der Waals surface area contributed by atoms with Crippen molar-refractivity contribution in [2.24, 2.45) is 0 Å². The maximum absolute atomic E-state index is 11.2. The van der Waals surface area contributed by atoms with Crippen molar-refractivity contribution in [3.63, 3.8) is 0 Å². The number of rotatable bonds is 9. The molecule has 1 saturated heterocycles. The quantitative estimate of drug-likeness (QED) is 0.462. The van der Waals surface area contributed by atoms with Gasteiger partial charge >= 0.3 is 5.97 Å². The fourth-order valence-corrected chi connectivity index (χ4v) is 8.76. The van der Waals surface area contributed by atoms with E-state index in [1.54, 1.807) is 0 Å². The van der Waals surface area contributed by atoms with Crippen LogP contribution < -0.4 is 10.4 Å². The van der Waals surface area contributed by atoms with Crippen molar-refractivity contribution >= 4 is 36.4 Å². The highest BCUT2D eigenvalue weighted by Gasteiger charge is 2.40. The van der Waals surface area contributed by atoms with Gasteiger partial charge in [0.25, 0.3) is 8.32 Å². The molecule has 0 amide bonds. The first kappa shape index (κ1) is 21.1. The number of thioether (sulfide) groups is 1. The van der Waals surface area contributed by atoms with Gasteiger partial charge in [0.05, 0.1) is 13.2 Å². The lowest BCUT2D eigenvalue weighted by atomic mass is 10.4. The highest BCUT2D eigenvalue weighted by molar-refractivity contribution is 8.00. The molecule has 6 heteroatoms. The van der Waals surface area contributed by atoms with Gasteiger partial charge in [-0.3, -0.25) is 4.79 Å². The Bertz CT molecular complexity index is 701. The van der Waals surface area contributed by atoms with E-state index in [-0.39, 0.29) is 16.8 Å². The van der Waals surface area contributed by atoms with Crippen LogP contribution in [0.25, 0.3) is 0 Å². The molecule has 0 bridgehead atoms. The maximum Gasteiger partial charge on any atom is 0.303 e. The number of carbonyl (C=O) groups excluding carboxylic acids is 1. The van der Waals surface area contributed by atoms with E-state index in [4.69, 9.17) is 13.9 Å². The van der Waals surface area contributed by atoms with Gasteiger partial charge in [-0.15, -0.1) is 0 Å². The summed E-state index contributed by atoms with van der Waals surface area (Å²) < 4.78 is 17.9. The van der Waals surface area contributed by atoms with Crippen LogP contribution in [-0.4, -0.2) is 38.4 Å². The minimum Gasteiger partial charge on any atom is -0.449 e. The van der Waals surface area contributed by atoms with E-state index in [0.29, 0.717) is 13.2 Å². The largest absolute Gasteiger partial charge is 0.449 e. The second kappa shape index (κ2) is 10.3. The van der Waals surface area contributed by atoms with Crippen LogP contribution in [-0.2, 0) is 18.7 Å². The number of hydrogen-bond acceptors (Lipinski definition) is 5. The second-order valence-corrected chi connectivity index (χ2v) is 11.8. The fraction of sp³-hybridized carbons (Fsp3) is 0.409. The van der Waals surface area contributed by atoms with Gasteiger partial charge in [0.1, 0.15) is 5.44 Å². The third kappa shape index (κ3) is 5.26. The molecular formula is C22H28O4SSi. The van der Waals surface area contributed by atoms with Crippen LogP contribution in [0.4, 0.5) is 0 Å². The average Bonchev–Trinajstić information content (AvgIpc) is 3.16. The van der Waals surface area contributed by atoms with Gasteiger partial charge in [0.15, 0.2) is 5.44 Å². The highest BCUT2D eigenvalue weighted by Crippen LogP contribution is 2.30. The Morgan fingerprint density at radius 1 is 1.11 bits per heavy atom. The lowest BCUT2D eigenvalue weighted by molar-refractivity contribution is -0.143. The molecule has 0 aromatic heterocycles. The van der Waals surface area contributed by atoms with Gasteiger partial charge in [0, 0.05) is 6.92 Å². The summed E-state index contributed by atoms with van der Waals surface area (Å²) in [6, 6.07) is 22.3. The minimum atomic E-state index is -2.39. The van der Waals surface area contributed by atoms with Crippen LogP contribution in [0, 0.1) is 0 Å². The number of benzene rings is 2. The predicted molar refractivity (Wildman–Crippen MR) is 116 cm³/mol. The number of ether oxygens (including phenoxy) is 2. The molecule has 1 aliphatic heterocycles. The molecule has 0 spiro atoms. The van der Waals surface area contributed by atoms with Crippen molar-refractivity contribution in [1.29, 1.82) is 0 Å². The molecule has 2 atom stereocenters. The Morgan fingerprint density at radius 3 is 2.25 bits per heavy atom. The van der Waals surface area contributed by atoms with E-state index < -0.39 is 8.32 Å². The summed E-state index contributed by atoms with van der Waals surface area (Å²) in [5.74, 6) is -0.275. The molecular weight excluding hydrogens is 388 g/mol. The molecule has 1 heterocycles. The van der Waals surface area contributed by atoms with Gasteiger partial charge in [-0.1, -0.05) is 92.2 Å². The van der Waals surface area contributed by atoms with E-state index in [0.717, 1.165) is 18.9 Å². The Kier molecular flexibility index (Phi) is 7.73. The van der Waals surface area contributed by atoms with E-state index in [2.05, 4.69) is 55.5 Å². The van der Waals surface area contributed by atoms with Crippen LogP contribution in [0.3, 0.4) is 0 Å². The van der Waals surface area contributed by atoms with Crippen LogP contribution in [0.1, 0.15) is 26.7 Å². The Balaban J connectivity index is 1.83. The zero-order valence-electron chi connectivity index (χ0n) is 16.5. The molecule has 28 heavy (non-hydrogen) atoms. The number of esters is 1. The van der Waals surface area contributed by atoms with Gasteiger partial charge < -0.3 is 13.9 Å². The van der Waals surface area contributed by atoms with Gasteiger partial charge in [-0.25, -0.2) is 0 Å². The second-order valence-electron chi connectivity index (χ2n) is 6.91. The summed E-state index contributed by atoms with van der Waals surface area (Å²) >= 11 is 1.53. The molecule has 0 saturated carbocycles. The van der Waals surface area contributed by atoms with Crippen molar-refractivity contribution in [2.75, 3.05) is 13.2 Å². The molecule has 1 fully saturated rings. The van der Waals surface area contributed by atoms with Gasteiger partial charge in [-0.05, 0) is 16.4 Å².